The van der Waals surface area contributed by atoms with Gasteiger partial charge in [-0.05, 0) is 58.2 Å². The molecule has 0 spiro atoms. The van der Waals surface area contributed by atoms with Gasteiger partial charge >= 0.3 is 10.1 Å². The summed E-state index contributed by atoms with van der Waals surface area (Å²) in [5, 5.41) is 0. The summed E-state index contributed by atoms with van der Waals surface area (Å²) in [5.74, 6) is 0.137. The van der Waals surface area contributed by atoms with Crippen LogP contribution in [0.15, 0.2) is 56.7 Å². The molecular weight excluding hydrogens is 432 g/mol. The molecule has 6 nitrogen and oxygen atoms in total. The van der Waals surface area contributed by atoms with Crippen molar-refractivity contribution in [3.8, 4) is 5.75 Å². The lowest BCUT2D eigenvalue weighted by atomic mass is 10.1. The van der Waals surface area contributed by atoms with Crippen molar-refractivity contribution in [2.45, 2.75) is 16.2 Å². The van der Waals surface area contributed by atoms with Crippen LogP contribution in [-0.4, -0.2) is 36.8 Å². The maximum atomic E-state index is 12.5. The fourth-order valence-corrected chi connectivity index (χ4v) is 4.60. The standard InChI is InChI=1S/C16H17BrO6S2/c1-22-10-9-12-3-5-13(6-4-12)23-25(20,21)16-11-14(24(2,18)19)7-8-15(16)17/h3-8,11H,9-10H2,1-2H3. The third kappa shape index (κ3) is 5.27. The van der Waals surface area contributed by atoms with E-state index in [-0.39, 0.29) is 20.0 Å². The van der Waals surface area contributed by atoms with Crippen molar-refractivity contribution in [3.63, 3.8) is 0 Å². The molecule has 9 heteroatoms. The van der Waals surface area contributed by atoms with Crippen LogP contribution in [0.3, 0.4) is 0 Å². The molecule has 0 aromatic heterocycles. The minimum Gasteiger partial charge on any atom is -0.384 e. The summed E-state index contributed by atoms with van der Waals surface area (Å²) in [6.45, 7) is 0.559. The van der Waals surface area contributed by atoms with Crippen LogP contribution in [0.4, 0.5) is 0 Å². The van der Waals surface area contributed by atoms with Crippen LogP contribution in [0, 0.1) is 0 Å². The quantitative estimate of drug-likeness (QED) is 0.605. The van der Waals surface area contributed by atoms with E-state index < -0.39 is 20.0 Å². The van der Waals surface area contributed by atoms with E-state index in [0.29, 0.717) is 13.0 Å². The Morgan fingerprint density at radius 2 is 1.64 bits per heavy atom. The molecule has 0 saturated heterocycles. The van der Waals surface area contributed by atoms with E-state index in [1.807, 2.05) is 0 Å². The first-order valence-corrected chi connectivity index (χ1v) is 11.2. The second kappa shape index (κ2) is 7.86. The van der Waals surface area contributed by atoms with Gasteiger partial charge in [0.05, 0.1) is 11.5 Å². The molecule has 0 unspecified atom stereocenters. The lowest BCUT2D eigenvalue weighted by molar-refractivity contribution is 0.202. The van der Waals surface area contributed by atoms with Crippen molar-refractivity contribution >= 4 is 35.9 Å². The molecule has 0 bridgehead atoms. The Labute approximate surface area is 156 Å². The summed E-state index contributed by atoms with van der Waals surface area (Å²) < 4.78 is 58.6. The Kier molecular flexibility index (Phi) is 6.26. The third-order valence-electron chi connectivity index (χ3n) is 3.32. The first-order valence-electron chi connectivity index (χ1n) is 7.15. The molecule has 0 aliphatic carbocycles. The van der Waals surface area contributed by atoms with E-state index in [2.05, 4.69) is 15.9 Å². The van der Waals surface area contributed by atoms with Gasteiger partial charge in [0.1, 0.15) is 10.6 Å². The van der Waals surface area contributed by atoms with Crippen molar-refractivity contribution < 1.29 is 25.8 Å². The molecule has 0 aliphatic heterocycles. The second-order valence-electron chi connectivity index (χ2n) is 5.29. The zero-order valence-electron chi connectivity index (χ0n) is 13.6. The Morgan fingerprint density at radius 3 is 2.20 bits per heavy atom. The molecule has 136 valence electrons. The number of hydrogen-bond donors (Lipinski definition) is 0. The van der Waals surface area contributed by atoms with Crippen LogP contribution in [0.5, 0.6) is 5.75 Å². The molecule has 0 amide bonds. The summed E-state index contributed by atoms with van der Waals surface area (Å²) in [6, 6.07) is 10.3. The average molecular weight is 449 g/mol. The maximum Gasteiger partial charge on any atom is 0.340 e. The van der Waals surface area contributed by atoms with Gasteiger partial charge in [-0.2, -0.15) is 8.42 Å². The Bertz CT molecular complexity index is 951. The van der Waals surface area contributed by atoms with Crippen molar-refractivity contribution in [1.82, 2.24) is 0 Å². The summed E-state index contributed by atoms with van der Waals surface area (Å²) in [4.78, 5) is -0.355. The van der Waals surface area contributed by atoms with Crippen molar-refractivity contribution in [2.24, 2.45) is 0 Å². The van der Waals surface area contributed by atoms with E-state index in [9.17, 15) is 16.8 Å². The topological polar surface area (TPSA) is 86.7 Å². The minimum atomic E-state index is -4.19. The highest BCUT2D eigenvalue weighted by molar-refractivity contribution is 9.10. The van der Waals surface area contributed by atoms with Crippen LogP contribution in [0.2, 0.25) is 0 Å². The van der Waals surface area contributed by atoms with E-state index in [4.69, 9.17) is 8.92 Å². The van der Waals surface area contributed by atoms with E-state index in [1.165, 1.54) is 24.3 Å². The highest BCUT2D eigenvalue weighted by Gasteiger charge is 2.22. The van der Waals surface area contributed by atoms with Gasteiger partial charge in [-0.15, -0.1) is 0 Å². The fourth-order valence-electron chi connectivity index (χ4n) is 2.01. The van der Waals surface area contributed by atoms with Crippen LogP contribution in [0.1, 0.15) is 5.56 Å². The highest BCUT2D eigenvalue weighted by atomic mass is 79.9. The molecule has 2 aromatic rings. The first-order chi connectivity index (χ1) is 11.6. The number of halogens is 1. The van der Waals surface area contributed by atoms with Gasteiger partial charge in [0.25, 0.3) is 0 Å². The van der Waals surface area contributed by atoms with Crippen LogP contribution in [-0.2, 0) is 31.1 Å². The molecule has 0 aliphatic rings. The number of rotatable bonds is 7. The van der Waals surface area contributed by atoms with Crippen LogP contribution < -0.4 is 4.18 Å². The number of benzene rings is 2. The second-order valence-corrected chi connectivity index (χ2v) is 9.67. The largest absolute Gasteiger partial charge is 0.384 e. The summed E-state index contributed by atoms with van der Waals surface area (Å²) in [7, 11) is -6.13. The number of sulfone groups is 1. The lowest BCUT2D eigenvalue weighted by Gasteiger charge is -2.10. The van der Waals surface area contributed by atoms with Gasteiger partial charge in [0.15, 0.2) is 9.84 Å². The molecule has 2 aromatic carbocycles. The van der Waals surface area contributed by atoms with Gasteiger partial charge in [0, 0.05) is 17.8 Å². The zero-order valence-corrected chi connectivity index (χ0v) is 16.8. The van der Waals surface area contributed by atoms with Gasteiger partial charge in [-0.1, -0.05) is 12.1 Å². The molecule has 0 heterocycles. The third-order valence-corrected chi connectivity index (χ3v) is 6.68. The molecule has 0 radical (unpaired) electrons. The van der Waals surface area contributed by atoms with Crippen LogP contribution in [0.25, 0.3) is 0 Å². The summed E-state index contributed by atoms with van der Waals surface area (Å²) >= 11 is 3.12. The highest BCUT2D eigenvalue weighted by Crippen LogP contribution is 2.28. The van der Waals surface area contributed by atoms with Gasteiger partial charge in [-0.25, -0.2) is 8.42 Å². The average Bonchev–Trinajstić information content (AvgIpc) is 2.53. The Morgan fingerprint density at radius 1 is 1.00 bits per heavy atom. The van der Waals surface area contributed by atoms with E-state index >= 15 is 0 Å². The number of hydrogen-bond acceptors (Lipinski definition) is 6. The number of ether oxygens (including phenoxy) is 1. The van der Waals surface area contributed by atoms with Crippen LogP contribution >= 0.6 is 15.9 Å². The maximum absolute atomic E-state index is 12.5. The predicted molar refractivity (Wildman–Crippen MR) is 97.1 cm³/mol. The van der Waals surface area contributed by atoms with Gasteiger partial charge in [-0.3, -0.25) is 0 Å². The normalized spacial score (nSPS) is 12.1. The van der Waals surface area contributed by atoms with Gasteiger partial charge < -0.3 is 8.92 Å². The molecule has 0 N–H and O–H groups in total. The molecule has 0 atom stereocenters. The Hall–Kier alpha value is -1.42. The van der Waals surface area contributed by atoms with Gasteiger partial charge in [0.2, 0.25) is 0 Å². The Balaban J connectivity index is 2.30. The molecule has 25 heavy (non-hydrogen) atoms. The first kappa shape index (κ1) is 19.9. The van der Waals surface area contributed by atoms with Crippen molar-refractivity contribution in [1.29, 1.82) is 0 Å². The smallest absolute Gasteiger partial charge is 0.340 e. The van der Waals surface area contributed by atoms with E-state index in [0.717, 1.165) is 17.9 Å². The summed E-state index contributed by atoms with van der Waals surface area (Å²) in [6.07, 6.45) is 1.71. The molecular formula is C16H17BrO6S2. The summed E-state index contributed by atoms with van der Waals surface area (Å²) in [5.41, 5.74) is 0.979. The minimum absolute atomic E-state index is 0.104. The zero-order chi connectivity index (χ0) is 18.7. The number of methoxy groups -OCH3 is 1. The van der Waals surface area contributed by atoms with Crippen molar-refractivity contribution in [3.05, 3.63) is 52.5 Å². The van der Waals surface area contributed by atoms with Crippen molar-refractivity contribution in [2.75, 3.05) is 20.0 Å². The predicted octanol–water partition coefficient (Wildman–Crippen LogP) is 2.81. The fraction of sp³-hybridized carbons (Fsp3) is 0.250. The lowest BCUT2D eigenvalue weighted by Crippen LogP contribution is -2.11. The molecule has 0 fully saturated rings. The monoisotopic (exact) mass is 448 g/mol. The SMILES string of the molecule is COCCc1ccc(OS(=O)(=O)c2cc(S(C)(=O)=O)ccc2Br)cc1. The molecule has 0 saturated carbocycles. The van der Waals surface area contributed by atoms with E-state index in [1.54, 1.807) is 19.2 Å². The molecule has 2 rings (SSSR count).